The van der Waals surface area contributed by atoms with Crippen LogP contribution in [0.1, 0.15) is 27.2 Å². The van der Waals surface area contributed by atoms with Crippen LogP contribution in [0, 0.1) is 5.21 Å². The quantitative estimate of drug-likeness (QED) is 0.855. The zero-order chi connectivity index (χ0) is 13.4. The van der Waals surface area contributed by atoms with Gasteiger partial charge in [-0.2, -0.15) is 0 Å². The third kappa shape index (κ3) is 1.87. The fraction of sp³-hybridized carbons (Fsp3) is 0.462. The molecule has 1 aliphatic heterocycles. The summed E-state index contributed by atoms with van der Waals surface area (Å²) >= 11 is 1.44. The number of hydrogen-bond acceptors (Lipinski definition) is 4. The van der Waals surface area contributed by atoms with Gasteiger partial charge in [-0.3, -0.25) is 5.21 Å². The number of benzene rings is 1. The van der Waals surface area contributed by atoms with Crippen molar-refractivity contribution in [2.24, 2.45) is 0 Å². The van der Waals surface area contributed by atoms with Gasteiger partial charge in [0.2, 0.25) is 5.71 Å². The molecule has 2 rings (SSSR count). The van der Waals surface area contributed by atoms with Crippen molar-refractivity contribution in [3.8, 4) is 0 Å². The van der Waals surface area contributed by atoms with Crippen LogP contribution in [0.4, 0.5) is 0 Å². The first-order chi connectivity index (χ1) is 8.43. The number of rotatable bonds is 3. The first-order valence-electron chi connectivity index (χ1n) is 5.90. The van der Waals surface area contributed by atoms with E-state index in [0.717, 1.165) is 4.90 Å². The Bertz CT molecular complexity index is 476. The smallest absolute Gasteiger partial charge is 0.239 e. The zero-order valence-corrected chi connectivity index (χ0v) is 11.5. The topological polar surface area (TPSA) is 55.5 Å². The SMILES string of the molecule is CCC1(O)O[N+]([O-])=C(C)C1(C)Sc1ccccc1. The van der Waals surface area contributed by atoms with Crippen LogP contribution in [0.25, 0.3) is 0 Å². The van der Waals surface area contributed by atoms with Crippen LogP contribution in [0.15, 0.2) is 35.2 Å². The first-order valence-corrected chi connectivity index (χ1v) is 6.71. The van der Waals surface area contributed by atoms with Crippen LogP contribution in [-0.4, -0.2) is 26.3 Å². The normalized spacial score (nSPS) is 31.6. The summed E-state index contributed by atoms with van der Waals surface area (Å²) in [6, 6.07) is 9.69. The van der Waals surface area contributed by atoms with E-state index in [1.165, 1.54) is 11.8 Å². The van der Waals surface area contributed by atoms with Gasteiger partial charge in [-0.25, -0.2) is 0 Å². The van der Waals surface area contributed by atoms with Crippen molar-refractivity contribution in [2.45, 2.75) is 42.6 Å². The highest BCUT2D eigenvalue weighted by Crippen LogP contribution is 2.47. The molecule has 0 aromatic heterocycles. The van der Waals surface area contributed by atoms with Crippen molar-refractivity contribution < 1.29 is 14.8 Å². The lowest BCUT2D eigenvalue weighted by molar-refractivity contribution is -0.767. The lowest BCUT2D eigenvalue weighted by Gasteiger charge is -2.35. The molecule has 1 aliphatic rings. The summed E-state index contributed by atoms with van der Waals surface area (Å²) in [5.41, 5.74) is 0.473. The van der Waals surface area contributed by atoms with Crippen molar-refractivity contribution in [3.05, 3.63) is 35.5 Å². The van der Waals surface area contributed by atoms with Gasteiger partial charge in [0.05, 0.1) is 0 Å². The Labute approximate surface area is 111 Å². The fourth-order valence-electron chi connectivity index (χ4n) is 2.03. The number of aliphatic hydroxyl groups is 1. The molecule has 0 saturated heterocycles. The molecule has 0 radical (unpaired) electrons. The zero-order valence-electron chi connectivity index (χ0n) is 10.7. The summed E-state index contributed by atoms with van der Waals surface area (Å²) in [6.07, 6.45) is 0.347. The van der Waals surface area contributed by atoms with Gasteiger partial charge in [0.1, 0.15) is 4.75 Å². The number of thioether (sulfide) groups is 1. The lowest BCUT2D eigenvalue weighted by atomic mass is 9.94. The van der Waals surface area contributed by atoms with E-state index in [2.05, 4.69) is 0 Å². The Hall–Kier alpha value is -1.20. The highest BCUT2D eigenvalue weighted by atomic mass is 32.2. The Balaban J connectivity index is 2.38. The molecule has 2 atom stereocenters. The molecule has 18 heavy (non-hydrogen) atoms. The van der Waals surface area contributed by atoms with Gasteiger partial charge in [-0.05, 0) is 25.5 Å². The van der Waals surface area contributed by atoms with Gasteiger partial charge in [0.25, 0.3) is 0 Å². The second kappa shape index (κ2) is 4.48. The molecule has 0 spiro atoms. The van der Waals surface area contributed by atoms with Crippen LogP contribution in [0.5, 0.6) is 0 Å². The summed E-state index contributed by atoms with van der Waals surface area (Å²) in [5.74, 6) is -1.47. The van der Waals surface area contributed by atoms with E-state index in [4.69, 9.17) is 4.84 Å². The Kier molecular flexibility index (Phi) is 3.29. The summed E-state index contributed by atoms with van der Waals surface area (Å²) in [5, 5.41) is 22.2. The van der Waals surface area contributed by atoms with E-state index in [9.17, 15) is 10.3 Å². The molecule has 4 nitrogen and oxygen atoms in total. The minimum atomic E-state index is -1.47. The molecule has 1 aromatic carbocycles. The van der Waals surface area contributed by atoms with E-state index in [0.29, 0.717) is 17.0 Å². The molecule has 1 N–H and O–H groups in total. The molecule has 5 heteroatoms. The highest BCUT2D eigenvalue weighted by molar-refractivity contribution is 8.01. The molecular weight excluding hydrogens is 250 g/mol. The minimum absolute atomic E-state index is 0.347. The highest BCUT2D eigenvalue weighted by Gasteiger charge is 2.58. The lowest BCUT2D eigenvalue weighted by Crippen LogP contribution is -2.50. The Morgan fingerprint density at radius 3 is 2.56 bits per heavy atom. The second-order valence-electron chi connectivity index (χ2n) is 4.52. The Morgan fingerprint density at radius 1 is 1.39 bits per heavy atom. The average molecular weight is 267 g/mol. The molecule has 0 amide bonds. The maximum atomic E-state index is 11.6. The van der Waals surface area contributed by atoms with Crippen LogP contribution >= 0.6 is 11.8 Å². The van der Waals surface area contributed by atoms with E-state index in [1.54, 1.807) is 13.8 Å². The molecule has 0 saturated carbocycles. The largest absolute Gasteiger partial charge is 0.372 e. The van der Waals surface area contributed by atoms with Crippen LogP contribution in [-0.2, 0) is 4.84 Å². The van der Waals surface area contributed by atoms with E-state index >= 15 is 0 Å². The summed E-state index contributed by atoms with van der Waals surface area (Å²) in [6.45, 7) is 5.33. The van der Waals surface area contributed by atoms with Gasteiger partial charge >= 0.3 is 0 Å². The number of nitrogens with zero attached hydrogens (tertiary/aromatic N) is 1. The minimum Gasteiger partial charge on any atom is -0.372 e. The maximum Gasteiger partial charge on any atom is 0.239 e. The van der Waals surface area contributed by atoms with Gasteiger partial charge in [-0.1, -0.05) is 25.1 Å². The van der Waals surface area contributed by atoms with Crippen molar-refractivity contribution >= 4 is 17.5 Å². The standard InChI is InChI=1S/C13H17NO3S/c1-4-13(15)12(3,10(2)14(16)17-13)18-11-8-6-5-7-9-11/h5-9,15H,4H2,1-3H3. The van der Waals surface area contributed by atoms with E-state index in [1.807, 2.05) is 37.3 Å². The molecule has 0 fully saturated rings. The fourth-order valence-corrected chi connectivity index (χ4v) is 3.36. The van der Waals surface area contributed by atoms with Gasteiger partial charge in [0.15, 0.2) is 5.79 Å². The van der Waals surface area contributed by atoms with Crippen molar-refractivity contribution in [3.63, 3.8) is 0 Å². The number of hydrogen-bond donors (Lipinski definition) is 1. The van der Waals surface area contributed by atoms with Crippen LogP contribution in [0.3, 0.4) is 0 Å². The van der Waals surface area contributed by atoms with Crippen molar-refractivity contribution in [1.29, 1.82) is 0 Å². The van der Waals surface area contributed by atoms with E-state index < -0.39 is 10.5 Å². The predicted molar refractivity (Wildman–Crippen MR) is 71.3 cm³/mol. The monoisotopic (exact) mass is 267 g/mol. The Morgan fingerprint density at radius 2 is 2.00 bits per heavy atom. The molecule has 1 heterocycles. The molecule has 0 bridgehead atoms. The maximum absolute atomic E-state index is 11.6. The summed E-state index contributed by atoms with van der Waals surface area (Å²) in [7, 11) is 0. The first kappa shape index (κ1) is 13.2. The van der Waals surface area contributed by atoms with Gasteiger partial charge < -0.3 is 9.94 Å². The molecular formula is C13H17NO3S. The molecule has 2 unspecified atom stereocenters. The molecule has 1 aromatic rings. The predicted octanol–water partition coefficient (Wildman–Crippen LogP) is 2.55. The van der Waals surface area contributed by atoms with Gasteiger partial charge in [0, 0.05) is 16.7 Å². The van der Waals surface area contributed by atoms with Crippen LogP contribution in [0.2, 0.25) is 0 Å². The third-order valence-electron chi connectivity index (χ3n) is 3.49. The van der Waals surface area contributed by atoms with E-state index in [-0.39, 0.29) is 0 Å². The van der Waals surface area contributed by atoms with Crippen molar-refractivity contribution in [2.75, 3.05) is 0 Å². The van der Waals surface area contributed by atoms with Crippen molar-refractivity contribution in [1.82, 2.24) is 0 Å². The summed E-state index contributed by atoms with van der Waals surface area (Å²) in [4.78, 5) is 6.49. The second-order valence-corrected chi connectivity index (χ2v) is 6.01. The molecule has 0 aliphatic carbocycles. The van der Waals surface area contributed by atoms with Gasteiger partial charge in [-0.15, -0.1) is 11.8 Å². The molecule has 98 valence electrons. The summed E-state index contributed by atoms with van der Waals surface area (Å²) < 4.78 is -0.787. The van der Waals surface area contributed by atoms with Crippen LogP contribution < -0.4 is 0 Å². The third-order valence-corrected chi connectivity index (χ3v) is 5.02. The average Bonchev–Trinajstić information content (AvgIpc) is 2.53.